The molecule has 1 atom stereocenters. The van der Waals surface area contributed by atoms with E-state index >= 15 is 0 Å². The van der Waals surface area contributed by atoms with Crippen molar-refractivity contribution < 1.29 is 4.74 Å². The lowest BCUT2D eigenvalue weighted by Crippen LogP contribution is -2.21. The Bertz CT molecular complexity index is 873. The Labute approximate surface area is 148 Å². The Morgan fingerprint density at radius 1 is 1.20 bits per heavy atom. The number of para-hydroxylation sites is 1. The Morgan fingerprint density at radius 3 is 2.92 bits per heavy atom. The van der Waals surface area contributed by atoms with Crippen LogP contribution in [0.25, 0.3) is 11.2 Å². The zero-order valence-electron chi connectivity index (χ0n) is 14.9. The molecule has 1 fully saturated rings. The van der Waals surface area contributed by atoms with Crippen LogP contribution in [0.4, 0.5) is 0 Å². The monoisotopic (exact) mass is 336 g/mol. The SMILES string of the molecule is CCn1c([C@H]2CCN(Cc3ccccc3OC)C2)nc2cccnc21. The van der Waals surface area contributed by atoms with E-state index in [0.717, 1.165) is 49.5 Å². The summed E-state index contributed by atoms with van der Waals surface area (Å²) >= 11 is 0. The number of ether oxygens (including phenoxy) is 1. The number of methoxy groups -OCH3 is 1. The number of nitrogens with zero attached hydrogens (tertiary/aromatic N) is 4. The molecule has 3 heterocycles. The summed E-state index contributed by atoms with van der Waals surface area (Å²) in [5.41, 5.74) is 3.25. The zero-order valence-corrected chi connectivity index (χ0v) is 14.9. The number of likely N-dealkylation sites (tertiary alicyclic amines) is 1. The van der Waals surface area contributed by atoms with Crippen LogP contribution >= 0.6 is 0 Å². The number of benzene rings is 1. The van der Waals surface area contributed by atoms with E-state index in [-0.39, 0.29) is 0 Å². The van der Waals surface area contributed by atoms with Gasteiger partial charge >= 0.3 is 0 Å². The summed E-state index contributed by atoms with van der Waals surface area (Å²) < 4.78 is 7.76. The van der Waals surface area contributed by atoms with Gasteiger partial charge in [0.05, 0.1) is 7.11 Å². The lowest BCUT2D eigenvalue weighted by Gasteiger charge is -2.18. The number of hydrogen-bond donors (Lipinski definition) is 0. The predicted octanol–water partition coefficient (Wildman–Crippen LogP) is 3.45. The molecule has 25 heavy (non-hydrogen) atoms. The van der Waals surface area contributed by atoms with Crippen LogP contribution in [0.1, 0.15) is 30.7 Å². The summed E-state index contributed by atoms with van der Waals surface area (Å²) in [4.78, 5) is 11.9. The highest BCUT2D eigenvalue weighted by Crippen LogP contribution is 2.31. The average Bonchev–Trinajstić information content (AvgIpc) is 3.26. The van der Waals surface area contributed by atoms with Crippen LogP contribution in [-0.4, -0.2) is 39.6 Å². The lowest BCUT2D eigenvalue weighted by molar-refractivity contribution is 0.315. The van der Waals surface area contributed by atoms with Crippen molar-refractivity contribution in [1.82, 2.24) is 19.4 Å². The molecule has 130 valence electrons. The van der Waals surface area contributed by atoms with E-state index in [1.54, 1.807) is 7.11 Å². The van der Waals surface area contributed by atoms with Gasteiger partial charge < -0.3 is 9.30 Å². The molecule has 0 spiro atoms. The number of aryl methyl sites for hydroxylation is 1. The van der Waals surface area contributed by atoms with Crippen LogP contribution < -0.4 is 4.74 Å². The molecule has 0 unspecified atom stereocenters. The summed E-state index contributed by atoms with van der Waals surface area (Å²) in [6.07, 6.45) is 2.99. The number of pyridine rings is 1. The van der Waals surface area contributed by atoms with Gasteiger partial charge in [0.25, 0.3) is 0 Å². The number of fused-ring (bicyclic) bond motifs is 1. The van der Waals surface area contributed by atoms with Crippen molar-refractivity contribution in [2.24, 2.45) is 0 Å². The number of rotatable bonds is 5. The van der Waals surface area contributed by atoms with E-state index in [0.29, 0.717) is 5.92 Å². The van der Waals surface area contributed by atoms with Crippen LogP contribution in [0.5, 0.6) is 5.75 Å². The second kappa shape index (κ2) is 6.84. The van der Waals surface area contributed by atoms with Gasteiger partial charge in [0.2, 0.25) is 0 Å². The molecule has 1 aromatic carbocycles. The molecule has 1 aliphatic rings. The topological polar surface area (TPSA) is 43.2 Å². The van der Waals surface area contributed by atoms with E-state index in [2.05, 4.69) is 39.6 Å². The summed E-state index contributed by atoms with van der Waals surface area (Å²) in [5.74, 6) is 2.61. The fraction of sp³-hybridized carbons (Fsp3) is 0.400. The quantitative estimate of drug-likeness (QED) is 0.716. The molecule has 1 saturated heterocycles. The molecule has 4 rings (SSSR count). The van der Waals surface area contributed by atoms with Gasteiger partial charge in [-0.2, -0.15) is 0 Å². The average molecular weight is 336 g/mol. The van der Waals surface area contributed by atoms with Gasteiger partial charge in [0.1, 0.15) is 17.1 Å². The van der Waals surface area contributed by atoms with Gasteiger partial charge in [-0.3, -0.25) is 4.90 Å². The molecule has 2 aromatic heterocycles. The van der Waals surface area contributed by atoms with Crippen molar-refractivity contribution in [3.8, 4) is 5.75 Å². The molecule has 0 aliphatic carbocycles. The molecule has 0 N–H and O–H groups in total. The van der Waals surface area contributed by atoms with Crippen molar-refractivity contribution in [2.45, 2.75) is 32.4 Å². The molecule has 1 aliphatic heterocycles. The molecule has 0 saturated carbocycles. The Kier molecular flexibility index (Phi) is 4.40. The van der Waals surface area contributed by atoms with Crippen molar-refractivity contribution in [3.05, 3.63) is 54.0 Å². The minimum Gasteiger partial charge on any atom is -0.496 e. The summed E-state index contributed by atoms with van der Waals surface area (Å²) in [6.45, 7) is 6.11. The Morgan fingerprint density at radius 2 is 2.08 bits per heavy atom. The zero-order chi connectivity index (χ0) is 17.2. The predicted molar refractivity (Wildman–Crippen MR) is 98.8 cm³/mol. The van der Waals surface area contributed by atoms with Crippen LogP contribution in [0.2, 0.25) is 0 Å². The van der Waals surface area contributed by atoms with E-state index in [9.17, 15) is 0 Å². The van der Waals surface area contributed by atoms with E-state index < -0.39 is 0 Å². The van der Waals surface area contributed by atoms with Gasteiger partial charge in [-0.1, -0.05) is 18.2 Å². The first-order chi connectivity index (χ1) is 12.3. The first-order valence-corrected chi connectivity index (χ1v) is 8.95. The van der Waals surface area contributed by atoms with Gasteiger partial charge in [0.15, 0.2) is 5.65 Å². The first-order valence-electron chi connectivity index (χ1n) is 8.95. The summed E-state index contributed by atoms with van der Waals surface area (Å²) in [5, 5.41) is 0. The number of imidazole rings is 1. The second-order valence-electron chi connectivity index (χ2n) is 6.59. The maximum Gasteiger partial charge on any atom is 0.159 e. The van der Waals surface area contributed by atoms with Gasteiger partial charge in [-0.25, -0.2) is 9.97 Å². The van der Waals surface area contributed by atoms with Gasteiger partial charge in [-0.05, 0) is 38.1 Å². The highest BCUT2D eigenvalue weighted by Gasteiger charge is 2.28. The van der Waals surface area contributed by atoms with Crippen molar-refractivity contribution >= 4 is 11.2 Å². The fourth-order valence-electron chi connectivity index (χ4n) is 3.86. The lowest BCUT2D eigenvalue weighted by atomic mass is 10.1. The molecule has 0 amide bonds. The third kappa shape index (κ3) is 3.00. The molecule has 5 nitrogen and oxygen atoms in total. The molecule has 0 radical (unpaired) electrons. The van der Waals surface area contributed by atoms with Crippen molar-refractivity contribution in [1.29, 1.82) is 0 Å². The van der Waals surface area contributed by atoms with Gasteiger partial charge in [-0.15, -0.1) is 0 Å². The fourth-order valence-corrected chi connectivity index (χ4v) is 3.86. The molecular formula is C20H24N4O. The standard InChI is InChI=1S/C20H24N4O/c1-3-24-19(22-17-8-6-11-21-20(17)24)16-10-12-23(14-16)13-15-7-4-5-9-18(15)25-2/h4-9,11,16H,3,10,12-14H2,1-2H3/t16-/m0/s1. The molecule has 5 heteroatoms. The number of hydrogen-bond acceptors (Lipinski definition) is 4. The third-order valence-electron chi connectivity index (χ3n) is 5.07. The van der Waals surface area contributed by atoms with Crippen LogP contribution in [0.3, 0.4) is 0 Å². The smallest absolute Gasteiger partial charge is 0.159 e. The first kappa shape index (κ1) is 16.1. The summed E-state index contributed by atoms with van der Waals surface area (Å²) in [7, 11) is 1.74. The van der Waals surface area contributed by atoms with Crippen molar-refractivity contribution in [2.75, 3.05) is 20.2 Å². The third-order valence-corrected chi connectivity index (χ3v) is 5.07. The number of aromatic nitrogens is 3. The summed E-state index contributed by atoms with van der Waals surface area (Å²) in [6, 6.07) is 12.3. The van der Waals surface area contributed by atoms with E-state index in [4.69, 9.17) is 9.72 Å². The van der Waals surface area contributed by atoms with Crippen LogP contribution in [0, 0.1) is 0 Å². The van der Waals surface area contributed by atoms with Crippen LogP contribution in [-0.2, 0) is 13.1 Å². The Balaban J connectivity index is 1.55. The normalized spacial score (nSPS) is 18.1. The Hall–Kier alpha value is -2.40. The second-order valence-corrected chi connectivity index (χ2v) is 6.59. The highest BCUT2D eigenvalue weighted by atomic mass is 16.5. The minimum atomic E-state index is 0.462. The highest BCUT2D eigenvalue weighted by molar-refractivity contribution is 5.71. The van der Waals surface area contributed by atoms with Gasteiger partial charge in [0, 0.05) is 37.3 Å². The molecule has 0 bridgehead atoms. The molecule has 3 aromatic rings. The van der Waals surface area contributed by atoms with Crippen molar-refractivity contribution in [3.63, 3.8) is 0 Å². The maximum atomic E-state index is 5.49. The van der Waals surface area contributed by atoms with Crippen LogP contribution in [0.15, 0.2) is 42.6 Å². The van der Waals surface area contributed by atoms with E-state index in [1.807, 2.05) is 24.4 Å². The maximum absolute atomic E-state index is 5.49. The minimum absolute atomic E-state index is 0.462. The van der Waals surface area contributed by atoms with E-state index in [1.165, 1.54) is 11.4 Å². The molecular weight excluding hydrogens is 312 g/mol. The largest absolute Gasteiger partial charge is 0.496 e.